The Bertz CT molecular complexity index is 410. The molecule has 0 amide bonds. The van der Waals surface area contributed by atoms with Gasteiger partial charge in [-0.25, -0.2) is 0 Å². The van der Waals surface area contributed by atoms with Crippen LogP contribution in [0.3, 0.4) is 0 Å². The Hall–Kier alpha value is -1.22. The van der Waals surface area contributed by atoms with Crippen LogP contribution in [0.25, 0.3) is 0 Å². The van der Waals surface area contributed by atoms with Gasteiger partial charge >= 0.3 is 0 Å². The molecule has 0 bridgehead atoms. The van der Waals surface area contributed by atoms with Gasteiger partial charge in [0, 0.05) is 37.1 Å². The monoisotopic (exact) mass is 276 g/mol. The first-order chi connectivity index (χ1) is 9.54. The molecule has 20 heavy (non-hydrogen) atoms. The van der Waals surface area contributed by atoms with Gasteiger partial charge < -0.3 is 15.0 Å². The van der Waals surface area contributed by atoms with Gasteiger partial charge in [0.15, 0.2) is 0 Å². The third-order valence-corrected chi connectivity index (χ3v) is 4.06. The fourth-order valence-electron chi connectivity index (χ4n) is 2.95. The number of hydrogen-bond donors (Lipinski definition) is 1. The van der Waals surface area contributed by atoms with Gasteiger partial charge in [0.05, 0.1) is 5.60 Å². The number of anilines is 2. The summed E-state index contributed by atoms with van der Waals surface area (Å²) in [5.74, 6) is 0. The van der Waals surface area contributed by atoms with Crippen LogP contribution in [0.15, 0.2) is 24.3 Å². The number of hydrogen-bond acceptors (Lipinski definition) is 3. The van der Waals surface area contributed by atoms with Gasteiger partial charge in [-0.15, -0.1) is 0 Å². The summed E-state index contributed by atoms with van der Waals surface area (Å²) < 4.78 is 5.77. The van der Waals surface area contributed by atoms with Crippen molar-refractivity contribution in [2.24, 2.45) is 0 Å². The highest BCUT2D eigenvalue weighted by atomic mass is 16.5. The van der Waals surface area contributed by atoms with E-state index in [2.05, 4.69) is 62.2 Å². The average Bonchev–Trinajstić information content (AvgIpc) is 2.41. The minimum absolute atomic E-state index is 0.00290. The minimum Gasteiger partial charge on any atom is -0.382 e. The molecule has 0 radical (unpaired) electrons. The molecule has 0 saturated carbocycles. The van der Waals surface area contributed by atoms with E-state index < -0.39 is 0 Å². The third-order valence-electron chi connectivity index (χ3n) is 4.06. The van der Waals surface area contributed by atoms with Crippen molar-refractivity contribution < 1.29 is 4.74 Å². The molecule has 1 aromatic rings. The Kier molecular flexibility index (Phi) is 4.92. The number of benzene rings is 1. The van der Waals surface area contributed by atoms with Crippen molar-refractivity contribution >= 4 is 11.4 Å². The maximum atomic E-state index is 5.77. The molecule has 1 aliphatic heterocycles. The highest BCUT2D eigenvalue weighted by molar-refractivity contribution is 5.55. The highest BCUT2D eigenvalue weighted by Crippen LogP contribution is 2.27. The molecule has 1 N–H and O–H groups in total. The molecule has 3 heteroatoms. The van der Waals surface area contributed by atoms with E-state index >= 15 is 0 Å². The van der Waals surface area contributed by atoms with E-state index in [4.69, 9.17) is 4.74 Å². The van der Waals surface area contributed by atoms with E-state index in [1.54, 1.807) is 0 Å². The lowest BCUT2D eigenvalue weighted by Crippen LogP contribution is -2.40. The molecule has 1 saturated heterocycles. The molecular formula is C17H28N2O. The van der Waals surface area contributed by atoms with Crippen molar-refractivity contribution in [3.05, 3.63) is 24.3 Å². The molecule has 1 atom stereocenters. The van der Waals surface area contributed by atoms with E-state index in [0.29, 0.717) is 6.04 Å². The lowest BCUT2D eigenvalue weighted by molar-refractivity contribution is -0.0553. The molecule has 0 aliphatic carbocycles. The molecule has 1 heterocycles. The summed E-state index contributed by atoms with van der Waals surface area (Å²) in [6.45, 7) is 11.7. The van der Waals surface area contributed by atoms with Crippen LogP contribution in [-0.4, -0.2) is 31.3 Å². The summed E-state index contributed by atoms with van der Waals surface area (Å²) in [7, 11) is 0. The topological polar surface area (TPSA) is 24.5 Å². The van der Waals surface area contributed by atoms with Crippen molar-refractivity contribution in [2.45, 2.75) is 52.2 Å². The van der Waals surface area contributed by atoms with Gasteiger partial charge in [-0.1, -0.05) is 0 Å². The summed E-state index contributed by atoms with van der Waals surface area (Å²) >= 11 is 0. The predicted octanol–water partition coefficient (Wildman–Crippen LogP) is 3.90. The Morgan fingerprint density at radius 1 is 1.20 bits per heavy atom. The van der Waals surface area contributed by atoms with Crippen molar-refractivity contribution in [2.75, 3.05) is 29.9 Å². The number of ether oxygens (including phenoxy) is 1. The summed E-state index contributed by atoms with van der Waals surface area (Å²) in [6, 6.07) is 9.31. The average molecular weight is 276 g/mol. The zero-order valence-electron chi connectivity index (χ0n) is 13.3. The van der Waals surface area contributed by atoms with E-state index in [0.717, 1.165) is 32.5 Å². The van der Waals surface area contributed by atoms with Crippen LogP contribution in [0, 0.1) is 0 Å². The maximum Gasteiger partial charge on any atom is 0.0646 e. The van der Waals surface area contributed by atoms with Crippen LogP contribution in [0.1, 0.15) is 40.5 Å². The largest absolute Gasteiger partial charge is 0.382 e. The van der Waals surface area contributed by atoms with Crippen LogP contribution in [0.4, 0.5) is 11.4 Å². The minimum atomic E-state index is -0.00290. The quantitative estimate of drug-likeness (QED) is 0.882. The lowest BCUT2D eigenvalue weighted by Gasteiger charge is -2.36. The molecule has 0 aromatic heterocycles. The van der Waals surface area contributed by atoms with Crippen LogP contribution in [-0.2, 0) is 4.74 Å². The van der Waals surface area contributed by atoms with Crippen molar-refractivity contribution in [1.29, 1.82) is 0 Å². The number of nitrogens with zero attached hydrogens (tertiary/aromatic N) is 1. The fourth-order valence-corrected chi connectivity index (χ4v) is 2.95. The molecule has 1 aromatic carbocycles. The lowest BCUT2D eigenvalue weighted by atomic mass is 9.94. The van der Waals surface area contributed by atoms with E-state index in [1.165, 1.54) is 11.4 Å². The van der Waals surface area contributed by atoms with E-state index in [1.807, 2.05) is 0 Å². The SMILES string of the molecule is CCN(CC)c1ccc(NC2CCOC(C)(C)C2)cc1. The van der Waals surface area contributed by atoms with Crippen molar-refractivity contribution in [3.8, 4) is 0 Å². The van der Waals surface area contributed by atoms with Gasteiger partial charge in [0.2, 0.25) is 0 Å². The molecule has 1 fully saturated rings. The Balaban J connectivity index is 1.97. The zero-order valence-corrected chi connectivity index (χ0v) is 13.3. The Labute approximate surface area is 123 Å². The van der Waals surface area contributed by atoms with Gasteiger partial charge in [-0.3, -0.25) is 0 Å². The Morgan fingerprint density at radius 2 is 1.85 bits per heavy atom. The normalized spacial score (nSPS) is 21.5. The van der Waals surface area contributed by atoms with Crippen LogP contribution in [0.5, 0.6) is 0 Å². The molecule has 0 spiro atoms. The van der Waals surface area contributed by atoms with Gasteiger partial charge in [0.1, 0.15) is 0 Å². The molecule has 112 valence electrons. The summed E-state index contributed by atoms with van der Waals surface area (Å²) in [5, 5.41) is 3.64. The molecule has 1 unspecified atom stereocenters. The standard InChI is InChI=1S/C17H28N2O/c1-5-19(6-2)16-9-7-14(8-10-16)18-15-11-12-20-17(3,4)13-15/h7-10,15,18H,5-6,11-13H2,1-4H3. The van der Waals surface area contributed by atoms with Crippen LogP contribution in [0.2, 0.25) is 0 Å². The second-order valence-corrected chi connectivity index (χ2v) is 6.16. The summed E-state index contributed by atoms with van der Waals surface area (Å²) in [4.78, 5) is 2.36. The van der Waals surface area contributed by atoms with Gasteiger partial charge in [-0.05, 0) is 64.8 Å². The highest BCUT2D eigenvalue weighted by Gasteiger charge is 2.28. The first-order valence-corrected chi connectivity index (χ1v) is 7.79. The van der Waals surface area contributed by atoms with E-state index in [-0.39, 0.29) is 5.60 Å². The van der Waals surface area contributed by atoms with Crippen molar-refractivity contribution in [1.82, 2.24) is 0 Å². The molecule has 2 rings (SSSR count). The smallest absolute Gasteiger partial charge is 0.0646 e. The fraction of sp³-hybridized carbons (Fsp3) is 0.647. The first kappa shape index (κ1) is 15.2. The second kappa shape index (κ2) is 6.49. The molecule has 3 nitrogen and oxygen atoms in total. The number of nitrogens with one attached hydrogen (secondary N) is 1. The molecule has 1 aliphatic rings. The van der Waals surface area contributed by atoms with Gasteiger partial charge in [0.25, 0.3) is 0 Å². The van der Waals surface area contributed by atoms with Crippen LogP contribution >= 0.6 is 0 Å². The Morgan fingerprint density at radius 3 is 2.40 bits per heavy atom. The van der Waals surface area contributed by atoms with Crippen molar-refractivity contribution in [3.63, 3.8) is 0 Å². The summed E-state index contributed by atoms with van der Waals surface area (Å²) in [5.41, 5.74) is 2.51. The maximum absolute atomic E-state index is 5.77. The summed E-state index contributed by atoms with van der Waals surface area (Å²) in [6.07, 6.45) is 2.14. The second-order valence-electron chi connectivity index (χ2n) is 6.16. The first-order valence-electron chi connectivity index (χ1n) is 7.79. The third kappa shape index (κ3) is 3.89. The van der Waals surface area contributed by atoms with E-state index in [9.17, 15) is 0 Å². The molecular weight excluding hydrogens is 248 g/mol. The van der Waals surface area contributed by atoms with Gasteiger partial charge in [-0.2, -0.15) is 0 Å². The number of rotatable bonds is 5. The zero-order chi connectivity index (χ0) is 14.6. The van der Waals surface area contributed by atoms with Crippen LogP contribution < -0.4 is 10.2 Å². The predicted molar refractivity (Wildman–Crippen MR) is 86.7 cm³/mol.